The monoisotopic (exact) mass is 512 g/mol. The van der Waals surface area contributed by atoms with Gasteiger partial charge in [0.2, 0.25) is 0 Å². The first-order valence-corrected chi connectivity index (χ1v) is 9.57. The number of fused-ring (bicyclic) bond motifs is 1. The van der Waals surface area contributed by atoms with Crippen molar-refractivity contribution in [1.29, 1.82) is 0 Å². The zero-order valence-corrected chi connectivity index (χ0v) is 19.9. The first kappa shape index (κ1) is 23.1. The Bertz CT molecular complexity index is 945. The molecule has 2 aromatic heterocycles. The lowest BCUT2D eigenvalue weighted by atomic mass is 10.1. The molecule has 8 heteroatoms. The predicted octanol–water partition coefficient (Wildman–Crippen LogP) is 4.52. The molecule has 158 valence electrons. The molecule has 0 bridgehead atoms. The van der Waals surface area contributed by atoms with Crippen molar-refractivity contribution in [3.05, 3.63) is 47.0 Å². The summed E-state index contributed by atoms with van der Waals surface area (Å²) < 4.78 is 16.9. The van der Waals surface area contributed by atoms with Crippen molar-refractivity contribution in [1.82, 2.24) is 15.8 Å². The molecule has 0 fully saturated rings. The van der Waals surface area contributed by atoms with Gasteiger partial charge >= 0.3 is 0 Å². The number of hydrogen-bond acceptors (Lipinski definition) is 5. The number of aryl methyl sites for hydroxylation is 2. The van der Waals surface area contributed by atoms with E-state index < -0.39 is 0 Å². The van der Waals surface area contributed by atoms with Crippen LogP contribution in [0.1, 0.15) is 42.7 Å². The van der Waals surface area contributed by atoms with Crippen molar-refractivity contribution in [2.24, 2.45) is 4.99 Å². The number of guanidine groups is 1. The van der Waals surface area contributed by atoms with E-state index in [2.05, 4.69) is 20.8 Å². The Morgan fingerprint density at radius 3 is 2.76 bits per heavy atom. The van der Waals surface area contributed by atoms with Gasteiger partial charge in [0.15, 0.2) is 17.3 Å². The number of furan rings is 1. The van der Waals surface area contributed by atoms with Gasteiger partial charge in [0.1, 0.15) is 11.5 Å². The van der Waals surface area contributed by atoms with E-state index in [4.69, 9.17) is 13.7 Å². The molecule has 1 unspecified atom stereocenters. The first-order chi connectivity index (χ1) is 13.5. The minimum atomic E-state index is -0.0489. The number of hydrogen-bond donors (Lipinski definition) is 2. The van der Waals surface area contributed by atoms with E-state index in [0.29, 0.717) is 12.6 Å². The van der Waals surface area contributed by atoms with Gasteiger partial charge in [0.25, 0.3) is 0 Å². The summed E-state index contributed by atoms with van der Waals surface area (Å²) in [5.41, 5.74) is 2.84. The van der Waals surface area contributed by atoms with Crippen molar-refractivity contribution in [3.63, 3.8) is 0 Å². The molecule has 0 amide bonds. The maximum Gasteiger partial charge on any atom is 0.191 e. The molecule has 0 spiro atoms. The Labute approximate surface area is 188 Å². The molecule has 0 aliphatic rings. The van der Waals surface area contributed by atoms with Crippen molar-refractivity contribution in [2.75, 3.05) is 20.2 Å². The highest BCUT2D eigenvalue weighted by atomic mass is 127. The van der Waals surface area contributed by atoms with E-state index in [1.807, 2.05) is 52.0 Å². The van der Waals surface area contributed by atoms with Crippen LogP contribution in [0.2, 0.25) is 0 Å². The van der Waals surface area contributed by atoms with Crippen LogP contribution in [-0.2, 0) is 6.42 Å². The average Bonchev–Trinajstić information content (AvgIpc) is 3.26. The zero-order chi connectivity index (χ0) is 20.1. The molecule has 1 aromatic carbocycles. The summed E-state index contributed by atoms with van der Waals surface area (Å²) in [7, 11) is 1.75. The fourth-order valence-electron chi connectivity index (χ4n) is 3.17. The van der Waals surface area contributed by atoms with Gasteiger partial charge in [-0.2, -0.15) is 0 Å². The van der Waals surface area contributed by atoms with Crippen LogP contribution in [0.15, 0.2) is 38.2 Å². The van der Waals surface area contributed by atoms with Crippen molar-refractivity contribution in [2.45, 2.75) is 40.2 Å². The number of nitrogens with zero attached hydrogens (tertiary/aromatic N) is 2. The van der Waals surface area contributed by atoms with Gasteiger partial charge < -0.3 is 24.3 Å². The maximum absolute atomic E-state index is 6.06. The molecule has 3 aromatic rings. The Morgan fingerprint density at radius 1 is 1.31 bits per heavy atom. The second-order valence-corrected chi connectivity index (χ2v) is 6.67. The van der Waals surface area contributed by atoms with Crippen molar-refractivity contribution in [3.8, 4) is 5.75 Å². The lowest BCUT2D eigenvalue weighted by Crippen LogP contribution is -2.39. The summed E-state index contributed by atoms with van der Waals surface area (Å²) in [5, 5.41) is 11.7. The van der Waals surface area contributed by atoms with Gasteiger partial charge in [0.05, 0.1) is 18.3 Å². The lowest BCUT2D eigenvalue weighted by Gasteiger charge is -2.16. The normalized spacial score (nSPS) is 12.5. The van der Waals surface area contributed by atoms with Gasteiger partial charge in [-0.3, -0.25) is 4.99 Å². The number of rotatable bonds is 7. The largest absolute Gasteiger partial charge is 0.490 e. The second kappa shape index (κ2) is 10.5. The summed E-state index contributed by atoms with van der Waals surface area (Å²) >= 11 is 0. The molecule has 7 nitrogen and oxygen atoms in total. The molecule has 29 heavy (non-hydrogen) atoms. The van der Waals surface area contributed by atoms with Gasteiger partial charge in [0, 0.05) is 24.5 Å². The van der Waals surface area contributed by atoms with E-state index in [9.17, 15) is 0 Å². The van der Waals surface area contributed by atoms with Crippen molar-refractivity contribution >= 4 is 40.9 Å². The number of ether oxygens (including phenoxy) is 1. The van der Waals surface area contributed by atoms with Crippen LogP contribution in [0.4, 0.5) is 0 Å². The third-order valence-electron chi connectivity index (χ3n) is 4.68. The maximum atomic E-state index is 6.06. The topological polar surface area (TPSA) is 84.8 Å². The Balaban J connectivity index is 0.00000300. The van der Waals surface area contributed by atoms with Crippen LogP contribution < -0.4 is 15.4 Å². The summed E-state index contributed by atoms with van der Waals surface area (Å²) in [6, 6.07) is 7.90. The molecule has 3 rings (SSSR count). The first-order valence-electron chi connectivity index (χ1n) is 9.57. The van der Waals surface area contributed by atoms with Crippen LogP contribution in [0.3, 0.4) is 0 Å². The summed E-state index contributed by atoms with van der Waals surface area (Å²) in [4.78, 5) is 4.31. The molecule has 0 saturated carbocycles. The predicted molar refractivity (Wildman–Crippen MR) is 125 cm³/mol. The van der Waals surface area contributed by atoms with Crippen LogP contribution in [-0.4, -0.2) is 31.3 Å². The molecular weight excluding hydrogens is 483 g/mol. The summed E-state index contributed by atoms with van der Waals surface area (Å²) in [5.74, 6) is 3.17. The Morgan fingerprint density at radius 2 is 2.10 bits per heavy atom. The summed E-state index contributed by atoms with van der Waals surface area (Å²) in [6.07, 6.45) is 0.818. The fourth-order valence-corrected chi connectivity index (χ4v) is 3.17. The number of aliphatic imine (C=N–C) groups is 1. The van der Waals surface area contributed by atoms with Crippen molar-refractivity contribution < 1.29 is 13.7 Å². The number of halogens is 1. The van der Waals surface area contributed by atoms with E-state index in [1.54, 1.807) is 7.05 Å². The molecule has 2 N–H and O–H groups in total. The zero-order valence-electron chi connectivity index (χ0n) is 17.5. The Hall–Kier alpha value is -2.23. The van der Waals surface area contributed by atoms with Gasteiger partial charge in [-0.15, -0.1) is 24.0 Å². The smallest absolute Gasteiger partial charge is 0.191 e. The van der Waals surface area contributed by atoms with E-state index in [1.165, 1.54) is 0 Å². The molecule has 2 heterocycles. The minimum absolute atomic E-state index is 0. The van der Waals surface area contributed by atoms with Crippen LogP contribution >= 0.6 is 24.0 Å². The average molecular weight is 512 g/mol. The third-order valence-corrected chi connectivity index (χ3v) is 4.68. The van der Waals surface area contributed by atoms with Gasteiger partial charge in [-0.05, 0) is 46.2 Å². The molecule has 0 aliphatic carbocycles. The molecule has 1 atom stereocenters. The van der Waals surface area contributed by atoms with Gasteiger partial charge in [-0.25, -0.2) is 0 Å². The highest BCUT2D eigenvalue weighted by molar-refractivity contribution is 14.0. The van der Waals surface area contributed by atoms with Gasteiger partial charge in [-0.1, -0.05) is 17.3 Å². The minimum Gasteiger partial charge on any atom is -0.490 e. The standard InChI is InChI=1S/C21H28N4O3.HI/c1-6-26-18-9-7-8-16-12-19(27-20(16)18)14(3)24-21(22-5)23-11-10-17-13(2)25-28-15(17)4;/h7-9,12,14H,6,10-11H2,1-5H3,(H2,22,23,24);1H. The third kappa shape index (κ3) is 5.43. The number of aromatic nitrogens is 1. The van der Waals surface area contributed by atoms with Crippen LogP contribution in [0, 0.1) is 13.8 Å². The van der Waals surface area contributed by atoms with Crippen LogP contribution in [0.25, 0.3) is 11.0 Å². The van der Waals surface area contributed by atoms with E-state index >= 15 is 0 Å². The van der Waals surface area contributed by atoms with Crippen LogP contribution in [0.5, 0.6) is 5.75 Å². The van der Waals surface area contributed by atoms with E-state index in [0.717, 1.165) is 52.5 Å². The quantitative estimate of drug-likeness (QED) is 0.275. The SMILES string of the molecule is CCOc1cccc2cc(C(C)NC(=NC)NCCc3c(C)noc3C)oc12.I. The molecular formula is C21H29IN4O3. The number of benzene rings is 1. The molecule has 0 saturated heterocycles. The van der Waals surface area contributed by atoms with E-state index in [-0.39, 0.29) is 30.0 Å². The fraction of sp³-hybridized carbons (Fsp3) is 0.429. The lowest BCUT2D eigenvalue weighted by molar-refractivity contribution is 0.336. The number of nitrogens with one attached hydrogen (secondary N) is 2. The number of para-hydroxylation sites is 1. The summed E-state index contributed by atoms with van der Waals surface area (Å²) in [6.45, 7) is 9.22. The Kier molecular flexibility index (Phi) is 8.36. The second-order valence-electron chi connectivity index (χ2n) is 6.67. The molecule has 0 radical (unpaired) electrons. The highest BCUT2D eigenvalue weighted by Gasteiger charge is 2.16. The highest BCUT2D eigenvalue weighted by Crippen LogP contribution is 2.31. The molecule has 0 aliphatic heterocycles.